The molecule has 1 rings (SSSR count). The van der Waals surface area contributed by atoms with Crippen LogP contribution in [0.2, 0.25) is 5.02 Å². The smallest absolute Gasteiger partial charge is 0.0550 e. The van der Waals surface area contributed by atoms with Crippen LogP contribution in [0.15, 0.2) is 23.1 Å². The molecule has 0 radical (unpaired) electrons. The van der Waals surface area contributed by atoms with Crippen molar-refractivity contribution in [1.29, 1.82) is 0 Å². The van der Waals surface area contributed by atoms with E-state index in [9.17, 15) is 0 Å². The Morgan fingerprint density at radius 1 is 1.57 bits per heavy atom. The third-order valence-electron chi connectivity index (χ3n) is 1.84. The molecule has 0 bridgehead atoms. The summed E-state index contributed by atoms with van der Waals surface area (Å²) in [5, 5.41) is 9.78. The molecule has 0 aliphatic heterocycles. The lowest BCUT2D eigenvalue weighted by Gasteiger charge is -2.09. The fourth-order valence-corrected chi connectivity index (χ4v) is 2.23. The summed E-state index contributed by atoms with van der Waals surface area (Å²) in [5.41, 5.74) is 6.45. The number of halogens is 1. The van der Waals surface area contributed by atoms with Crippen LogP contribution >= 0.6 is 23.4 Å². The number of hydrogen-bond acceptors (Lipinski definition) is 3. The molecule has 4 heteroatoms. The van der Waals surface area contributed by atoms with E-state index in [-0.39, 0.29) is 11.9 Å². The largest absolute Gasteiger partial charge is 0.395 e. The number of hydrogen-bond donors (Lipinski definition) is 2. The Labute approximate surface area is 93.5 Å². The summed E-state index contributed by atoms with van der Waals surface area (Å²) in [4.78, 5) is 1.06. The predicted octanol–water partition coefficient (Wildman–Crippen LogP) is 2.27. The number of benzene rings is 1. The summed E-state index contributed by atoms with van der Waals surface area (Å²) in [6, 6.07) is 5.79. The molecule has 1 atom stereocenters. The van der Waals surface area contributed by atoms with Crippen molar-refractivity contribution in [2.45, 2.75) is 23.6 Å². The highest BCUT2D eigenvalue weighted by Crippen LogP contribution is 2.27. The highest BCUT2D eigenvalue weighted by Gasteiger charge is 2.05. The van der Waals surface area contributed by atoms with Gasteiger partial charge in [-0.15, -0.1) is 11.8 Å². The van der Waals surface area contributed by atoms with Gasteiger partial charge < -0.3 is 10.8 Å². The SMILES string of the molecule is CC(CO)Sc1ccc(CN)c(Cl)c1. The zero-order chi connectivity index (χ0) is 10.6. The van der Waals surface area contributed by atoms with Crippen LogP contribution in [0, 0.1) is 0 Å². The zero-order valence-electron chi connectivity index (χ0n) is 8.03. The second-order valence-electron chi connectivity index (χ2n) is 3.07. The first-order valence-electron chi connectivity index (χ1n) is 4.43. The summed E-state index contributed by atoms with van der Waals surface area (Å²) >= 11 is 7.60. The topological polar surface area (TPSA) is 46.2 Å². The quantitative estimate of drug-likeness (QED) is 0.782. The van der Waals surface area contributed by atoms with Crippen molar-refractivity contribution in [2.75, 3.05) is 6.61 Å². The summed E-state index contributed by atoms with van der Waals surface area (Å²) < 4.78 is 0. The summed E-state index contributed by atoms with van der Waals surface area (Å²) in [5.74, 6) is 0. The van der Waals surface area contributed by atoms with E-state index in [2.05, 4.69) is 0 Å². The molecule has 0 saturated heterocycles. The zero-order valence-corrected chi connectivity index (χ0v) is 9.61. The Kier molecular flexibility index (Phi) is 4.75. The number of aliphatic hydroxyl groups is 1. The van der Waals surface area contributed by atoms with Crippen molar-refractivity contribution in [2.24, 2.45) is 5.73 Å². The van der Waals surface area contributed by atoms with Crippen molar-refractivity contribution in [3.63, 3.8) is 0 Å². The molecule has 3 N–H and O–H groups in total. The first-order valence-corrected chi connectivity index (χ1v) is 5.69. The van der Waals surface area contributed by atoms with Gasteiger partial charge in [-0.1, -0.05) is 24.6 Å². The molecule has 0 aliphatic carbocycles. The van der Waals surface area contributed by atoms with Crippen molar-refractivity contribution in [3.05, 3.63) is 28.8 Å². The third-order valence-corrected chi connectivity index (χ3v) is 3.27. The third kappa shape index (κ3) is 3.17. The Balaban J connectivity index is 2.76. The average molecular weight is 232 g/mol. The molecule has 14 heavy (non-hydrogen) atoms. The van der Waals surface area contributed by atoms with Crippen LogP contribution in [0.4, 0.5) is 0 Å². The number of aliphatic hydroxyl groups excluding tert-OH is 1. The molecule has 0 aliphatic rings. The molecule has 1 aromatic carbocycles. The van der Waals surface area contributed by atoms with Gasteiger partial charge in [0.2, 0.25) is 0 Å². The summed E-state index contributed by atoms with van der Waals surface area (Å²) in [7, 11) is 0. The Bertz CT molecular complexity index is 306. The van der Waals surface area contributed by atoms with Crippen LogP contribution in [0.25, 0.3) is 0 Å². The molecule has 0 fully saturated rings. The van der Waals surface area contributed by atoms with E-state index in [0.717, 1.165) is 10.5 Å². The van der Waals surface area contributed by atoms with Gasteiger partial charge in [-0.05, 0) is 17.7 Å². The lowest BCUT2D eigenvalue weighted by molar-refractivity contribution is 0.300. The molecular formula is C10H14ClNOS. The molecule has 0 aromatic heterocycles. The predicted molar refractivity (Wildman–Crippen MR) is 61.7 cm³/mol. The van der Waals surface area contributed by atoms with Gasteiger partial charge in [0, 0.05) is 21.7 Å². The van der Waals surface area contributed by atoms with E-state index in [4.69, 9.17) is 22.4 Å². The molecule has 1 unspecified atom stereocenters. The van der Waals surface area contributed by atoms with Crippen LogP contribution in [0.5, 0.6) is 0 Å². The normalized spacial score (nSPS) is 12.9. The van der Waals surface area contributed by atoms with Crippen molar-refractivity contribution < 1.29 is 5.11 Å². The van der Waals surface area contributed by atoms with E-state index in [1.165, 1.54) is 0 Å². The summed E-state index contributed by atoms with van der Waals surface area (Å²) in [6.07, 6.45) is 0. The first kappa shape index (κ1) is 11.9. The fourth-order valence-electron chi connectivity index (χ4n) is 1.04. The van der Waals surface area contributed by atoms with E-state index < -0.39 is 0 Å². The lowest BCUT2D eigenvalue weighted by atomic mass is 10.2. The number of rotatable bonds is 4. The lowest BCUT2D eigenvalue weighted by Crippen LogP contribution is -2.02. The maximum Gasteiger partial charge on any atom is 0.0550 e. The standard InChI is InChI=1S/C10H14ClNOS/c1-7(6-13)14-9-3-2-8(5-12)10(11)4-9/h2-4,7,13H,5-6,12H2,1H3. The minimum atomic E-state index is 0.168. The molecular weight excluding hydrogens is 218 g/mol. The van der Waals surface area contributed by atoms with Crippen LogP contribution in [-0.4, -0.2) is 17.0 Å². The number of thioether (sulfide) groups is 1. The molecule has 0 saturated carbocycles. The molecule has 2 nitrogen and oxygen atoms in total. The average Bonchev–Trinajstić information content (AvgIpc) is 2.18. The van der Waals surface area contributed by atoms with E-state index >= 15 is 0 Å². The Morgan fingerprint density at radius 2 is 2.29 bits per heavy atom. The van der Waals surface area contributed by atoms with Crippen molar-refractivity contribution in [3.8, 4) is 0 Å². The molecule has 0 amide bonds. The van der Waals surface area contributed by atoms with Gasteiger partial charge in [0.15, 0.2) is 0 Å². The van der Waals surface area contributed by atoms with Gasteiger partial charge in [0.05, 0.1) is 6.61 Å². The molecule has 78 valence electrons. The highest BCUT2D eigenvalue weighted by molar-refractivity contribution is 8.00. The molecule has 0 heterocycles. The summed E-state index contributed by atoms with van der Waals surface area (Å²) in [6.45, 7) is 2.59. The maximum absolute atomic E-state index is 8.89. The van der Waals surface area contributed by atoms with Crippen molar-refractivity contribution >= 4 is 23.4 Å². The van der Waals surface area contributed by atoms with Crippen LogP contribution in [0.3, 0.4) is 0 Å². The second-order valence-corrected chi connectivity index (χ2v) is 4.99. The maximum atomic E-state index is 8.89. The minimum absolute atomic E-state index is 0.168. The van der Waals surface area contributed by atoms with Gasteiger partial charge in [-0.25, -0.2) is 0 Å². The monoisotopic (exact) mass is 231 g/mol. The highest BCUT2D eigenvalue weighted by atomic mass is 35.5. The first-order chi connectivity index (χ1) is 6.67. The van der Waals surface area contributed by atoms with Crippen LogP contribution < -0.4 is 5.73 Å². The molecule has 0 spiro atoms. The Morgan fingerprint density at radius 3 is 2.79 bits per heavy atom. The van der Waals surface area contributed by atoms with Crippen molar-refractivity contribution in [1.82, 2.24) is 0 Å². The Hall–Kier alpha value is -0.220. The van der Waals surface area contributed by atoms with E-state index in [1.54, 1.807) is 11.8 Å². The second kappa shape index (κ2) is 5.61. The van der Waals surface area contributed by atoms with Crippen LogP contribution in [-0.2, 0) is 6.54 Å². The van der Waals surface area contributed by atoms with Gasteiger partial charge in [0.1, 0.15) is 0 Å². The van der Waals surface area contributed by atoms with E-state index in [1.807, 2.05) is 25.1 Å². The number of nitrogens with two attached hydrogens (primary N) is 1. The van der Waals surface area contributed by atoms with Gasteiger partial charge in [-0.2, -0.15) is 0 Å². The van der Waals surface area contributed by atoms with Gasteiger partial charge in [0.25, 0.3) is 0 Å². The van der Waals surface area contributed by atoms with Gasteiger partial charge >= 0.3 is 0 Å². The van der Waals surface area contributed by atoms with Gasteiger partial charge in [-0.3, -0.25) is 0 Å². The molecule has 1 aromatic rings. The fraction of sp³-hybridized carbons (Fsp3) is 0.400. The minimum Gasteiger partial charge on any atom is -0.395 e. The van der Waals surface area contributed by atoms with Crippen LogP contribution in [0.1, 0.15) is 12.5 Å². The van der Waals surface area contributed by atoms with E-state index in [0.29, 0.717) is 11.6 Å².